The van der Waals surface area contributed by atoms with E-state index >= 15 is 0 Å². The summed E-state index contributed by atoms with van der Waals surface area (Å²) in [6, 6.07) is 3.00. The van der Waals surface area contributed by atoms with Crippen molar-refractivity contribution in [2.24, 2.45) is 7.05 Å². The summed E-state index contributed by atoms with van der Waals surface area (Å²) in [6.07, 6.45) is -0.0901. The normalized spacial score (nSPS) is 15.4. The molecule has 30 heavy (non-hydrogen) atoms. The van der Waals surface area contributed by atoms with Crippen molar-refractivity contribution in [3.63, 3.8) is 0 Å². The minimum absolute atomic E-state index is 0.0177. The van der Waals surface area contributed by atoms with Gasteiger partial charge in [0, 0.05) is 31.3 Å². The summed E-state index contributed by atoms with van der Waals surface area (Å²) in [5.74, 6) is -5.48. The van der Waals surface area contributed by atoms with Gasteiger partial charge in [-0.2, -0.15) is 5.10 Å². The first kappa shape index (κ1) is 20.1. The molecule has 5 nitrogen and oxygen atoms in total. The zero-order valence-corrected chi connectivity index (χ0v) is 15.9. The molecule has 0 spiro atoms. The van der Waals surface area contributed by atoms with Gasteiger partial charge in [-0.1, -0.05) is 0 Å². The molecule has 0 aliphatic carbocycles. The molecule has 1 N–H and O–H groups in total. The van der Waals surface area contributed by atoms with Crippen LogP contribution < -0.4 is 10.1 Å². The first-order valence-corrected chi connectivity index (χ1v) is 8.93. The highest BCUT2D eigenvalue weighted by Crippen LogP contribution is 2.38. The van der Waals surface area contributed by atoms with Crippen LogP contribution >= 0.6 is 0 Å². The Morgan fingerprint density at radius 3 is 2.20 bits per heavy atom. The van der Waals surface area contributed by atoms with Crippen LogP contribution in [0.15, 0.2) is 24.3 Å². The largest absolute Gasteiger partial charge is 0.491 e. The summed E-state index contributed by atoms with van der Waals surface area (Å²) in [5, 5.41) is 6.53. The van der Waals surface area contributed by atoms with Gasteiger partial charge in [-0.25, -0.2) is 22.0 Å². The Morgan fingerprint density at radius 1 is 1.03 bits per heavy atom. The topological polar surface area (TPSA) is 51.6 Å². The van der Waals surface area contributed by atoms with E-state index in [0.29, 0.717) is 18.7 Å². The lowest BCUT2D eigenvalue weighted by molar-refractivity contribution is 0.261. The molecule has 1 aliphatic rings. The van der Waals surface area contributed by atoms with E-state index in [1.807, 2.05) is 0 Å². The Bertz CT molecular complexity index is 1080. The number of nitrogens with zero attached hydrogens (tertiary/aromatic N) is 2. The number of aromatic nitrogens is 2. The first-order chi connectivity index (χ1) is 14.2. The van der Waals surface area contributed by atoms with Crippen molar-refractivity contribution in [3.05, 3.63) is 59.0 Å². The lowest BCUT2D eigenvalue weighted by Crippen LogP contribution is -2.06. The number of benzene rings is 2. The summed E-state index contributed by atoms with van der Waals surface area (Å²) < 4.78 is 82.5. The van der Waals surface area contributed by atoms with Gasteiger partial charge in [-0.05, 0) is 6.92 Å². The molecule has 10 heteroatoms. The van der Waals surface area contributed by atoms with Crippen molar-refractivity contribution >= 4 is 11.5 Å². The first-order valence-electron chi connectivity index (χ1n) is 8.93. The van der Waals surface area contributed by atoms with Crippen LogP contribution in [0.1, 0.15) is 5.69 Å². The molecular formula is C20H16F5N3O2. The molecule has 3 aromatic rings. The number of anilines is 2. The van der Waals surface area contributed by atoms with Gasteiger partial charge in [-0.3, -0.25) is 4.68 Å². The Morgan fingerprint density at radius 2 is 1.63 bits per heavy atom. The van der Waals surface area contributed by atoms with E-state index < -0.39 is 40.3 Å². The number of ether oxygens (including phenoxy) is 2. The van der Waals surface area contributed by atoms with Gasteiger partial charge < -0.3 is 14.8 Å². The molecule has 1 aromatic heterocycles. The molecule has 1 saturated heterocycles. The molecule has 1 fully saturated rings. The summed E-state index contributed by atoms with van der Waals surface area (Å²) in [7, 11) is 1.43. The van der Waals surface area contributed by atoms with Crippen LogP contribution in [0.25, 0.3) is 11.1 Å². The lowest BCUT2D eigenvalue weighted by Gasteiger charge is -2.14. The minimum Gasteiger partial charge on any atom is -0.491 e. The van der Waals surface area contributed by atoms with E-state index in [4.69, 9.17) is 9.47 Å². The van der Waals surface area contributed by atoms with E-state index in [1.165, 1.54) is 18.7 Å². The highest BCUT2D eigenvalue weighted by molar-refractivity contribution is 5.82. The van der Waals surface area contributed by atoms with Gasteiger partial charge in [0.05, 0.1) is 23.4 Å². The predicted molar refractivity (Wildman–Crippen MR) is 98.1 cm³/mol. The second-order valence-corrected chi connectivity index (χ2v) is 6.83. The molecule has 0 radical (unpaired) electrons. The van der Waals surface area contributed by atoms with Crippen LogP contribution in [0, 0.1) is 36.0 Å². The Labute approximate surface area is 168 Å². The van der Waals surface area contributed by atoms with Crippen LogP contribution in [0.2, 0.25) is 0 Å². The number of aryl methyl sites for hydroxylation is 2. The van der Waals surface area contributed by atoms with Crippen LogP contribution in [-0.4, -0.2) is 29.1 Å². The monoisotopic (exact) mass is 425 g/mol. The maximum atomic E-state index is 14.8. The number of hydrogen-bond donors (Lipinski definition) is 1. The maximum absolute atomic E-state index is 14.8. The van der Waals surface area contributed by atoms with E-state index in [-0.39, 0.29) is 35.5 Å². The van der Waals surface area contributed by atoms with Gasteiger partial charge in [0.25, 0.3) is 0 Å². The van der Waals surface area contributed by atoms with Crippen LogP contribution in [0.4, 0.5) is 33.5 Å². The molecule has 1 unspecified atom stereocenters. The summed E-state index contributed by atoms with van der Waals surface area (Å²) in [6.45, 7) is 2.19. The zero-order chi connectivity index (χ0) is 21.6. The fraction of sp³-hybridized carbons (Fsp3) is 0.250. The molecular weight excluding hydrogens is 409 g/mol. The molecule has 4 rings (SSSR count). The van der Waals surface area contributed by atoms with Crippen molar-refractivity contribution in [3.8, 4) is 16.9 Å². The third kappa shape index (κ3) is 3.82. The van der Waals surface area contributed by atoms with Crippen LogP contribution in [0.5, 0.6) is 5.75 Å². The molecule has 0 saturated carbocycles. The molecule has 2 aromatic carbocycles. The average molecular weight is 425 g/mol. The quantitative estimate of drug-likeness (QED) is 0.463. The number of rotatable bonds is 6. The Balaban J connectivity index is 1.75. The van der Waals surface area contributed by atoms with Crippen molar-refractivity contribution in [1.29, 1.82) is 0 Å². The third-order valence-electron chi connectivity index (χ3n) is 4.58. The Hall–Kier alpha value is -3.14. The number of epoxide rings is 1. The molecule has 0 amide bonds. The van der Waals surface area contributed by atoms with Crippen molar-refractivity contribution in [2.45, 2.75) is 13.0 Å². The number of nitrogens with one attached hydrogen (secondary N) is 1. The third-order valence-corrected chi connectivity index (χ3v) is 4.58. The SMILES string of the molecule is Cc1nn(C)c(Nc2c(F)cc(F)cc2F)c1-c1c(F)cc(OCC2CO2)cc1F. The Kier molecular flexibility index (Phi) is 5.10. The van der Waals surface area contributed by atoms with Gasteiger partial charge in [0.15, 0.2) is 11.6 Å². The van der Waals surface area contributed by atoms with Gasteiger partial charge in [0.2, 0.25) is 0 Å². The highest BCUT2D eigenvalue weighted by Gasteiger charge is 2.26. The van der Waals surface area contributed by atoms with Crippen LogP contribution in [0.3, 0.4) is 0 Å². The van der Waals surface area contributed by atoms with Crippen molar-refractivity contribution < 1.29 is 31.4 Å². The average Bonchev–Trinajstić information content (AvgIpc) is 3.43. The molecule has 0 bridgehead atoms. The van der Waals surface area contributed by atoms with E-state index in [1.54, 1.807) is 0 Å². The smallest absolute Gasteiger partial charge is 0.152 e. The van der Waals surface area contributed by atoms with Crippen molar-refractivity contribution in [2.75, 3.05) is 18.5 Å². The van der Waals surface area contributed by atoms with E-state index in [2.05, 4.69) is 10.4 Å². The maximum Gasteiger partial charge on any atom is 0.152 e. The second-order valence-electron chi connectivity index (χ2n) is 6.83. The second kappa shape index (κ2) is 7.60. The number of hydrogen-bond acceptors (Lipinski definition) is 4. The lowest BCUT2D eigenvalue weighted by atomic mass is 10.0. The fourth-order valence-corrected chi connectivity index (χ4v) is 3.11. The highest BCUT2D eigenvalue weighted by atomic mass is 19.2. The standard InChI is InChI=1S/C20H16F5N3O2/c1-9-17(18-13(22)5-11(6-14(18)23)29-7-12-8-30-12)20(28(2)27-9)26-19-15(24)3-10(21)4-16(19)25/h3-6,12,26H,7-8H2,1-2H3. The van der Waals surface area contributed by atoms with Gasteiger partial charge in [0.1, 0.15) is 47.4 Å². The summed E-state index contributed by atoms with van der Waals surface area (Å²) in [5.41, 5.74) is -0.944. The molecule has 2 heterocycles. The van der Waals surface area contributed by atoms with Gasteiger partial charge in [-0.15, -0.1) is 0 Å². The zero-order valence-electron chi connectivity index (χ0n) is 15.9. The predicted octanol–water partition coefficient (Wildman–Crippen LogP) is 4.61. The minimum atomic E-state index is -1.20. The summed E-state index contributed by atoms with van der Waals surface area (Å²) >= 11 is 0. The van der Waals surface area contributed by atoms with Crippen molar-refractivity contribution in [1.82, 2.24) is 9.78 Å². The van der Waals surface area contributed by atoms with E-state index in [9.17, 15) is 22.0 Å². The molecule has 1 atom stereocenters. The number of halogens is 5. The van der Waals surface area contributed by atoms with Crippen LogP contribution in [-0.2, 0) is 11.8 Å². The fourth-order valence-electron chi connectivity index (χ4n) is 3.11. The summed E-state index contributed by atoms with van der Waals surface area (Å²) in [4.78, 5) is 0. The van der Waals surface area contributed by atoms with Gasteiger partial charge >= 0.3 is 0 Å². The van der Waals surface area contributed by atoms with E-state index in [0.717, 1.165) is 12.1 Å². The molecule has 158 valence electrons. The molecule has 1 aliphatic heterocycles.